The monoisotopic (exact) mass is 462 g/mol. The number of pyridine rings is 1. The standard InChI is InChI=1S/C26H30N4O4/c1-4-28(5-2)13-9-15-30-23(18-10-8-11-19(31)16-18)21(25(33)26(30)34)24(32)22-17(3)27-20-12-6-7-14-29(20)22/h6-8,10-12,14,16,23,31-32H,4-5,9,13,15H2,1-3H3/b24-21+. The molecular formula is C26H30N4O4. The Labute approximate surface area is 198 Å². The number of amides is 1. The Balaban J connectivity index is 1.82. The number of aromatic hydroxyl groups is 1. The maximum absolute atomic E-state index is 13.3. The summed E-state index contributed by atoms with van der Waals surface area (Å²) in [7, 11) is 0. The largest absolute Gasteiger partial charge is 0.508 e. The van der Waals surface area contributed by atoms with Crippen molar-refractivity contribution < 1.29 is 19.8 Å². The SMILES string of the molecule is CCN(CC)CCCN1C(=O)C(=O)/C(=C(/O)c2c(C)nc3ccccn23)C1c1cccc(O)c1. The Hall–Kier alpha value is -3.65. The molecule has 1 fully saturated rings. The van der Waals surface area contributed by atoms with Crippen molar-refractivity contribution in [2.75, 3.05) is 26.2 Å². The molecular weight excluding hydrogens is 432 g/mol. The lowest BCUT2D eigenvalue weighted by molar-refractivity contribution is -0.140. The number of hydrogen-bond acceptors (Lipinski definition) is 6. The van der Waals surface area contributed by atoms with E-state index < -0.39 is 17.7 Å². The Morgan fingerprint density at radius 1 is 1.12 bits per heavy atom. The van der Waals surface area contributed by atoms with Crippen molar-refractivity contribution in [3.8, 4) is 5.75 Å². The lowest BCUT2D eigenvalue weighted by Gasteiger charge is -2.26. The van der Waals surface area contributed by atoms with Gasteiger partial charge >= 0.3 is 0 Å². The molecule has 8 nitrogen and oxygen atoms in total. The van der Waals surface area contributed by atoms with Gasteiger partial charge in [0, 0.05) is 12.7 Å². The molecule has 0 radical (unpaired) electrons. The summed E-state index contributed by atoms with van der Waals surface area (Å²) in [6.45, 7) is 8.87. The van der Waals surface area contributed by atoms with E-state index in [1.807, 2.05) is 18.2 Å². The van der Waals surface area contributed by atoms with Crippen LogP contribution in [0, 0.1) is 6.92 Å². The number of aliphatic hydroxyl groups is 1. The van der Waals surface area contributed by atoms with Crippen molar-refractivity contribution in [3.63, 3.8) is 0 Å². The lowest BCUT2D eigenvalue weighted by Crippen LogP contribution is -2.33. The normalized spacial score (nSPS) is 17.9. The molecule has 1 atom stereocenters. The van der Waals surface area contributed by atoms with Crippen LogP contribution in [0.5, 0.6) is 5.75 Å². The highest BCUT2D eigenvalue weighted by atomic mass is 16.3. The van der Waals surface area contributed by atoms with Gasteiger partial charge in [0.2, 0.25) is 0 Å². The summed E-state index contributed by atoms with van der Waals surface area (Å²) in [5.41, 5.74) is 2.12. The van der Waals surface area contributed by atoms with Crippen molar-refractivity contribution >= 4 is 23.1 Å². The molecule has 2 aromatic heterocycles. The van der Waals surface area contributed by atoms with E-state index in [1.165, 1.54) is 17.0 Å². The van der Waals surface area contributed by atoms with E-state index in [1.54, 1.807) is 29.7 Å². The van der Waals surface area contributed by atoms with Gasteiger partial charge in [-0.3, -0.25) is 14.0 Å². The molecule has 0 saturated carbocycles. The number of aromatic nitrogens is 2. The van der Waals surface area contributed by atoms with E-state index in [4.69, 9.17) is 0 Å². The fourth-order valence-electron chi connectivity index (χ4n) is 4.68. The van der Waals surface area contributed by atoms with E-state index in [0.717, 1.165) is 19.6 Å². The molecule has 0 aliphatic carbocycles. The second-order valence-electron chi connectivity index (χ2n) is 8.44. The minimum absolute atomic E-state index is 0.00666. The number of hydrogen-bond donors (Lipinski definition) is 2. The Bertz CT molecular complexity index is 1260. The molecule has 3 aromatic rings. The van der Waals surface area contributed by atoms with Crippen LogP contribution in [0.3, 0.4) is 0 Å². The van der Waals surface area contributed by atoms with Crippen LogP contribution in [0.1, 0.15) is 43.3 Å². The van der Waals surface area contributed by atoms with Crippen molar-refractivity contribution in [2.24, 2.45) is 0 Å². The van der Waals surface area contributed by atoms with Crippen molar-refractivity contribution in [2.45, 2.75) is 33.2 Å². The molecule has 1 aromatic carbocycles. The molecule has 3 heterocycles. The van der Waals surface area contributed by atoms with Crippen LogP contribution in [0.25, 0.3) is 11.4 Å². The highest BCUT2D eigenvalue weighted by molar-refractivity contribution is 6.46. The summed E-state index contributed by atoms with van der Waals surface area (Å²) in [6, 6.07) is 11.1. The number of phenols is 1. The van der Waals surface area contributed by atoms with Crippen LogP contribution in [0.4, 0.5) is 0 Å². The molecule has 1 amide bonds. The van der Waals surface area contributed by atoms with Crippen LogP contribution >= 0.6 is 0 Å². The van der Waals surface area contributed by atoms with Gasteiger partial charge in [0.15, 0.2) is 5.76 Å². The number of ketones is 1. The third-order valence-corrected chi connectivity index (χ3v) is 6.42. The van der Waals surface area contributed by atoms with E-state index in [-0.39, 0.29) is 17.1 Å². The van der Waals surface area contributed by atoms with Crippen LogP contribution < -0.4 is 0 Å². The zero-order chi connectivity index (χ0) is 24.4. The summed E-state index contributed by atoms with van der Waals surface area (Å²) < 4.78 is 1.71. The molecule has 1 aliphatic rings. The molecule has 2 N–H and O–H groups in total. The molecule has 0 spiro atoms. The van der Waals surface area contributed by atoms with E-state index in [2.05, 4.69) is 23.7 Å². The van der Waals surface area contributed by atoms with Crippen LogP contribution in [-0.2, 0) is 9.59 Å². The number of fused-ring (bicyclic) bond motifs is 1. The molecule has 4 rings (SSSR count). The number of aliphatic hydroxyl groups excluding tert-OH is 1. The summed E-state index contributed by atoms with van der Waals surface area (Å²) in [5.74, 6) is -1.63. The molecule has 8 heteroatoms. The number of likely N-dealkylation sites (tertiary alicyclic amines) is 1. The van der Waals surface area contributed by atoms with Gasteiger partial charge in [-0.15, -0.1) is 0 Å². The molecule has 34 heavy (non-hydrogen) atoms. The minimum Gasteiger partial charge on any atom is -0.508 e. The average Bonchev–Trinajstić information content (AvgIpc) is 3.29. The quantitative estimate of drug-likeness (QED) is 0.302. The van der Waals surface area contributed by atoms with Gasteiger partial charge < -0.3 is 20.0 Å². The molecule has 178 valence electrons. The summed E-state index contributed by atoms with van der Waals surface area (Å²) in [5, 5.41) is 21.5. The number of phenolic OH excluding ortho intramolecular Hbond substituents is 1. The summed E-state index contributed by atoms with van der Waals surface area (Å²) in [6.07, 6.45) is 2.44. The molecule has 1 saturated heterocycles. The maximum Gasteiger partial charge on any atom is 0.295 e. The van der Waals surface area contributed by atoms with Crippen molar-refractivity contribution in [1.29, 1.82) is 0 Å². The first kappa shape index (κ1) is 23.5. The fraction of sp³-hybridized carbons (Fsp3) is 0.346. The number of benzene rings is 1. The number of rotatable bonds is 8. The smallest absolute Gasteiger partial charge is 0.295 e. The Morgan fingerprint density at radius 3 is 2.59 bits per heavy atom. The molecule has 1 unspecified atom stereocenters. The highest BCUT2D eigenvalue weighted by Gasteiger charge is 2.46. The van der Waals surface area contributed by atoms with Crippen molar-refractivity contribution in [1.82, 2.24) is 19.2 Å². The lowest BCUT2D eigenvalue weighted by atomic mass is 9.96. The third kappa shape index (κ3) is 4.17. The Morgan fingerprint density at radius 2 is 1.88 bits per heavy atom. The highest BCUT2D eigenvalue weighted by Crippen LogP contribution is 2.40. The number of carbonyl (C=O) groups is 2. The second kappa shape index (κ2) is 9.69. The van der Waals surface area contributed by atoms with E-state index in [0.29, 0.717) is 35.6 Å². The maximum atomic E-state index is 13.3. The number of Topliss-reactive ketones (excluding diaryl/α,β-unsaturated/α-hetero) is 1. The van der Waals surface area contributed by atoms with Gasteiger partial charge in [-0.1, -0.05) is 32.0 Å². The van der Waals surface area contributed by atoms with Gasteiger partial charge in [-0.2, -0.15) is 0 Å². The zero-order valence-corrected chi connectivity index (χ0v) is 19.7. The second-order valence-corrected chi connectivity index (χ2v) is 8.44. The van der Waals surface area contributed by atoms with Crippen LogP contribution in [-0.4, -0.2) is 67.3 Å². The summed E-state index contributed by atoms with van der Waals surface area (Å²) >= 11 is 0. The van der Waals surface area contributed by atoms with E-state index >= 15 is 0 Å². The first-order chi connectivity index (χ1) is 16.4. The van der Waals surface area contributed by atoms with Gasteiger partial charge in [0.1, 0.15) is 17.1 Å². The van der Waals surface area contributed by atoms with Crippen LogP contribution in [0.2, 0.25) is 0 Å². The topological polar surface area (TPSA) is 98.4 Å². The van der Waals surface area contributed by atoms with Gasteiger partial charge in [-0.05, 0) is 62.8 Å². The molecule has 0 bridgehead atoms. The first-order valence-corrected chi connectivity index (χ1v) is 11.6. The number of aryl methyl sites for hydroxylation is 1. The number of nitrogens with zero attached hydrogens (tertiary/aromatic N) is 4. The van der Waals surface area contributed by atoms with E-state index in [9.17, 15) is 19.8 Å². The van der Waals surface area contributed by atoms with Gasteiger partial charge in [0.25, 0.3) is 11.7 Å². The zero-order valence-electron chi connectivity index (χ0n) is 19.7. The van der Waals surface area contributed by atoms with Crippen LogP contribution in [0.15, 0.2) is 54.2 Å². The average molecular weight is 463 g/mol. The fourth-order valence-corrected chi connectivity index (χ4v) is 4.68. The molecule has 1 aliphatic heterocycles. The number of carbonyl (C=O) groups excluding carboxylic acids is 2. The predicted octanol–water partition coefficient (Wildman–Crippen LogP) is 3.50. The first-order valence-electron chi connectivity index (χ1n) is 11.6. The third-order valence-electron chi connectivity index (χ3n) is 6.42. The van der Waals surface area contributed by atoms with Gasteiger partial charge in [0.05, 0.1) is 17.3 Å². The number of imidazole rings is 1. The summed E-state index contributed by atoms with van der Waals surface area (Å²) in [4.78, 5) is 34.7. The Kier molecular flexibility index (Phi) is 6.70. The minimum atomic E-state index is -0.808. The van der Waals surface area contributed by atoms with Crippen molar-refractivity contribution in [3.05, 3.63) is 71.2 Å². The van der Waals surface area contributed by atoms with Gasteiger partial charge in [-0.25, -0.2) is 4.98 Å². The predicted molar refractivity (Wildman–Crippen MR) is 129 cm³/mol.